The molecule has 1 aliphatic heterocycles. The Labute approximate surface area is 205 Å². The number of nitrogens with zero attached hydrogens (tertiary/aromatic N) is 5. The van der Waals surface area contributed by atoms with Gasteiger partial charge < -0.3 is 9.84 Å². The van der Waals surface area contributed by atoms with Crippen molar-refractivity contribution in [2.75, 3.05) is 20.2 Å². The van der Waals surface area contributed by atoms with E-state index < -0.39 is 0 Å². The molecular formula is C26H32ClN5O2. The molecule has 1 atom stereocenters. The zero-order valence-corrected chi connectivity index (χ0v) is 21.2. The summed E-state index contributed by atoms with van der Waals surface area (Å²) in [5, 5.41) is 19.3. The highest BCUT2D eigenvalue weighted by Gasteiger charge is 2.22. The van der Waals surface area contributed by atoms with Crippen LogP contribution in [-0.2, 0) is 20.1 Å². The molecule has 1 aliphatic rings. The third-order valence-corrected chi connectivity index (χ3v) is 6.49. The number of ether oxygens (including phenoxy) is 1. The van der Waals surface area contributed by atoms with Crippen LogP contribution in [0.25, 0.3) is 22.8 Å². The van der Waals surface area contributed by atoms with Crippen molar-refractivity contribution < 1.29 is 9.84 Å². The summed E-state index contributed by atoms with van der Waals surface area (Å²) in [6, 6.07) is 4.03. The number of hydrogen-bond donors (Lipinski definition) is 1. The summed E-state index contributed by atoms with van der Waals surface area (Å²) in [6.07, 6.45) is 5.80. The molecule has 34 heavy (non-hydrogen) atoms. The van der Waals surface area contributed by atoms with Crippen LogP contribution in [0, 0.1) is 13.8 Å². The molecule has 0 spiro atoms. The number of allylic oxidation sites excluding steroid dienone is 2. The van der Waals surface area contributed by atoms with Crippen LogP contribution in [0.5, 0.6) is 5.88 Å². The summed E-state index contributed by atoms with van der Waals surface area (Å²) in [5.74, 6) is 0.676. The predicted octanol–water partition coefficient (Wildman–Crippen LogP) is 4.49. The molecule has 3 heterocycles. The molecule has 7 nitrogen and oxygen atoms in total. The second-order valence-electron chi connectivity index (χ2n) is 9.01. The molecule has 2 bridgehead atoms. The topological polar surface area (TPSA) is 68.3 Å². The summed E-state index contributed by atoms with van der Waals surface area (Å²) in [7, 11) is 3.93. The van der Waals surface area contributed by atoms with Gasteiger partial charge in [0.25, 0.3) is 0 Å². The van der Waals surface area contributed by atoms with Crippen LogP contribution in [0.2, 0.25) is 5.02 Å². The Balaban J connectivity index is 1.88. The smallest absolute Gasteiger partial charge is 0.219 e. The molecule has 2 aromatic heterocycles. The van der Waals surface area contributed by atoms with Gasteiger partial charge in [-0.2, -0.15) is 10.2 Å². The number of halogens is 1. The summed E-state index contributed by atoms with van der Waals surface area (Å²) >= 11 is 6.70. The van der Waals surface area contributed by atoms with Gasteiger partial charge in [-0.1, -0.05) is 30.3 Å². The zero-order chi connectivity index (χ0) is 24.6. The van der Waals surface area contributed by atoms with Crippen LogP contribution >= 0.6 is 11.6 Å². The van der Waals surface area contributed by atoms with Gasteiger partial charge in [0.2, 0.25) is 5.88 Å². The van der Waals surface area contributed by atoms with Crippen LogP contribution in [0.3, 0.4) is 0 Å². The van der Waals surface area contributed by atoms with E-state index in [1.807, 2.05) is 44.6 Å². The molecule has 4 rings (SSSR count). The fourth-order valence-corrected chi connectivity index (χ4v) is 4.86. The van der Waals surface area contributed by atoms with Crippen molar-refractivity contribution in [2.24, 2.45) is 7.05 Å². The van der Waals surface area contributed by atoms with Crippen molar-refractivity contribution in [2.45, 2.75) is 40.0 Å². The van der Waals surface area contributed by atoms with Gasteiger partial charge >= 0.3 is 0 Å². The highest BCUT2D eigenvalue weighted by molar-refractivity contribution is 6.33. The van der Waals surface area contributed by atoms with E-state index in [0.717, 1.165) is 44.8 Å². The second kappa shape index (κ2) is 9.78. The first kappa shape index (κ1) is 24.3. The van der Waals surface area contributed by atoms with E-state index in [2.05, 4.69) is 40.9 Å². The Morgan fingerprint density at radius 1 is 1.18 bits per heavy atom. The first-order valence-electron chi connectivity index (χ1n) is 11.4. The first-order valence-corrected chi connectivity index (χ1v) is 11.8. The maximum absolute atomic E-state index is 9.57. The monoisotopic (exact) mass is 481 g/mol. The Kier molecular flexibility index (Phi) is 6.98. The minimum atomic E-state index is -0.0998. The van der Waals surface area contributed by atoms with E-state index in [1.54, 1.807) is 10.9 Å². The second-order valence-corrected chi connectivity index (χ2v) is 9.42. The molecule has 0 saturated carbocycles. The minimum Gasteiger partial charge on any atom is -0.473 e. The van der Waals surface area contributed by atoms with Gasteiger partial charge in [0.15, 0.2) is 0 Å². The molecule has 180 valence electrons. The van der Waals surface area contributed by atoms with Crippen LogP contribution in [0.4, 0.5) is 0 Å². The molecule has 8 heteroatoms. The van der Waals surface area contributed by atoms with E-state index in [4.69, 9.17) is 16.3 Å². The number of hydrogen-bond acceptors (Lipinski definition) is 5. The van der Waals surface area contributed by atoms with E-state index in [-0.39, 0.29) is 12.7 Å². The molecule has 0 fully saturated rings. The maximum Gasteiger partial charge on any atom is 0.219 e. The van der Waals surface area contributed by atoms with Crippen LogP contribution < -0.4 is 4.74 Å². The maximum atomic E-state index is 9.57. The lowest BCUT2D eigenvalue weighted by atomic mass is 9.96. The fraction of sp³-hybridized carbons (Fsp3) is 0.385. The first-order chi connectivity index (χ1) is 16.2. The van der Waals surface area contributed by atoms with Crippen molar-refractivity contribution in [3.8, 4) is 17.0 Å². The van der Waals surface area contributed by atoms with Crippen molar-refractivity contribution in [3.05, 3.63) is 64.1 Å². The molecule has 0 amide bonds. The molecule has 0 saturated heterocycles. The quantitative estimate of drug-likeness (QED) is 0.584. The number of aliphatic hydroxyl groups is 1. The fourth-order valence-electron chi connectivity index (χ4n) is 4.54. The lowest BCUT2D eigenvalue weighted by molar-refractivity contribution is 0.146. The van der Waals surface area contributed by atoms with Gasteiger partial charge in [0, 0.05) is 36.3 Å². The average molecular weight is 482 g/mol. The van der Waals surface area contributed by atoms with Crippen molar-refractivity contribution in [1.29, 1.82) is 0 Å². The molecule has 1 N–H and O–H groups in total. The number of rotatable bonds is 2. The summed E-state index contributed by atoms with van der Waals surface area (Å²) in [5.41, 5.74) is 7.66. The Morgan fingerprint density at radius 3 is 2.68 bits per heavy atom. The van der Waals surface area contributed by atoms with Gasteiger partial charge in [0.1, 0.15) is 6.10 Å². The van der Waals surface area contributed by atoms with E-state index in [0.29, 0.717) is 30.5 Å². The van der Waals surface area contributed by atoms with Crippen molar-refractivity contribution in [1.82, 2.24) is 24.5 Å². The summed E-state index contributed by atoms with van der Waals surface area (Å²) in [6.45, 7) is 12.3. The molecule has 0 aliphatic carbocycles. The van der Waals surface area contributed by atoms with Gasteiger partial charge in [-0.25, -0.2) is 4.68 Å². The van der Waals surface area contributed by atoms with Gasteiger partial charge in [-0.3, -0.25) is 9.58 Å². The number of aliphatic hydroxyl groups excluding tert-OH is 1. The van der Waals surface area contributed by atoms with E-state index >= 15 is 0 Å². The Hall–Kier alpha value is -2.87. The van der Waals surface area contributed by atoms with Crippen molar-refractivity contribution >= 4 is 23.3 Å². The van der Waals surface area contributed by atoms with Gasteiger partial charge in [-0.05, 0) is 56.7 Å². The average Bonchev–Trinajstić information content (AvgIpc) is 3.25. The molecule has 1 unspecified atom stereocenters. The molecule has 1 aromatic carbocycles. The van der Waals surface area contributed by atoms with Gasteiger partial charge in [0.05, 0.1) is 36.3 Å². The third-order valence-electron chi connectivity index (χ3n) is 6.18. The minimum absolute atomic E-state index is 0.0310. The highest BCUT2D eigenvalue weighted by atomic mass is 35.5. The van der Waals surface area contributed by atoms with E-state index in [9.17, 15) is 5.11 Å². The largest absolute Gasteiger partial charge is 0.473 e. The lowest BCUT2D eigenvalue weighted by Gasteiger charge is -2.23. The zero-order valence-electron chi connectivity index (χ0n) is 20.5. The van der Waals surface area contributed by atoms with Crippen molar-refractivity contribution in [3.63, 3.8) is 0 Å². The van der Waals surface area contributed by atoms with Crippen LogP contribution in [0.15, 0.2) is 31.0 Å². The number of aryl methyl sites for hydroxylation is 3. The normalized spacial score (nSPS) is 18.0. The standard InChI is InChI=1S/C26H32ClN5O2/c1-16-7-8-20-19(4)29-32(9-10-33)25(20)15-30(5)14-18(3)34-26-23(13-28-31(26)6)22-12-21(16)17(2)11-24(22)27/h7-8,11-13,18,33H,1,9-10,14-15H2,2-6H3/b8-7+. The van der Waals surface area contributed by atoms with Crippen LogP contribution in [0.1, 0.15) is 35.0 Å². The third kappa shape index (κ3) is 4.69. The number of aromatic nitrogens is 4. The predicted molar refractivity (Wildman–Crippen MR) is 137 cm³/mol. The number of benzene rings is 1. The van der Waals surface area contributed by atoms with E-state index in [1.165, 1.54) is 0 Å². The summed E-state index contributed by atoms with van der Waals surface area (Å²) in [4.78, 5) is 2.20. The Bertz CT molecular complexity index is 1260. The highest BCUT2D eigenvalue weighted by Crippen LogP contribution is 2.38. The summed E-state index contributed by atoms with van der Waals surface area (Å²) < 4.78 is 10.0. The molecular weight excluding hydrogens is 450 g/mol. The molecule has 3 aromatic rings. The van der Waals surface area contributed by atoms with Gasteiger partial charge in [-0.15, -0.1) is 0 Å². The molecule has 0 radical (unpaired) electrons. The van der Waals surface area contributed by atoms with Crippen LogP contribution in [-0.4, -0.2) is 55.9 Å². The Morgan fingerprint density at radius 2 is 1.94 bits per heavy atom. The lowest BCUT2D eigenvalue weighted by Crippen LogP contribution is -2.32. The number of fused-ring (bicyclic) bond motifs is 5. The SMILES string of the molecule is C=C1/C=C/c2c(C)nn(CCO)c2CN(C)CC(C)Oc2c(cnn2C)-c2cc1c(C)cc2Cl. The number of likely N-dealkylation sites (N-methyl/N-ethyl adjacent to an activating group) is 1.